The molecule has 4 heteroatoms. The molecule has 134 valence electrons. The Morgan fingerprint density at radius 1 is 1.00 bits per heavy atom. The molecule has 0 unspecified atom stereocenters. The van der Waals surface area contributed by atoms with E-state index in [0.717, 1.165) is 12.1 Å². The summed E-state index contributed by atoms with van der Waals surface area (Å²) in [7, 11) is 0. The van der Waals surface area contributed by atoms with E-state index in [2.05, 4.69) is 29.6 Å². The average molecular weight is 341 g/mol. The van der Waals surface area contributed by atoms with Crippen molar-refractivity contribution in [1.82, 2.24) is 5.32 Å². The maximum atomic E-state index is 10.7. The molecule has 0 bridgehead atoms. The van der Waals surface area contributed by atoms with Crippen LogP contribution in [0.3, 0.4) is 0 Å². The van der Waals surface area contributed by atoms with Crippen LogP contribution in [0.5, 0.6) is 0 Å². The monoisotopic (exact) mass is 341 g/mol. The minimum absolute atomic E-state index is 0.0195. The number of benzene rings is 2. The minimum atomic E-state index is -0.670. The highest BCUT2D eigenvalue weighted by Gasteiger charge is 2.36. The topological polar surface area (TPSA) is 50.7 Å². The molecule has 1 fully saturated rings. The van der Waals surface area contributed by atoms with Gasteiger partial charge >= 0.3 is 0 Å². The van der Waals surface area contributed by atoms with Crippen LogP contribution in [0.4, 0.5) is 0 Å². The molecular formula is C21H27NO3. The Bertz CT molecular complexity index is 645. The minimum Gasteiger partial charge on any atom is -0.390 e. The van der Waals surface area contributed by atoms with Crippen LogP contribution in [0.1, 0.15) is 31.0 Å². The Kier molecular flexibility index (Phi) is 5.86. The fourth-order valence-corrected chi connectivity index (χ4v) is 3.18. The molecule has 3 rings (SSSR count). The largest absolute Gasteiger partial charge is 0.390 e. The fourth-order valence-electron chi connectivity index (χ4n) is 3.18. The van der Waals surface area contributed by atoms with Crippen LogP contribution in [0.15, 0.2) is 60.7 Å². The van der Waals surface area contributed by atoms with Crippen molar-refractivity contribution in [3.63, 3.8) is 0 Å². The number of aliphatic hydroxyl groups excluding tert-OH is 1. The zero-order chi connectivity index (χ0) is 17.7. The fraction of sp³-hybridized carbons (Fsp3) is 0.429. The first-order valence-corrected chi connectivity index (χ1v) is 8.83. The zero-order valence-corrected chi connectivity index (χ0v) is 14.9. The highest BCUT2D eigenvalue weighted by Crippen LogP contribution is 2.30. The maximum absolute atomic E-state index is 10.7. The van der Waals surface area contributed by atoms with Gasteiger partial charge in [0.2, 0.25) is 0 Å². The summed E-state index contributed by atoms with van der Waals surface area (Å²) in [6.45, 7) is 5.21. The van der Waals surface area contributed by atoms with Gasteiger partial charge in [0, 0.05) is 18.5 Å². The van der Waals surface area contributed by atoms with Crippen LogP contribution >= 0.6 is 0 Å². The first-order valence-electron chi connectivity index (χ1n) is 8.83. The quantitative estimate of drug-likeness (QED) is 0.876. The van der Waals surface area contributed by atoms with Gasteiger partial charge in [-0.25, -0.2) is 0 Å². The molecule has 1 aliphatic heterocycles. The first kappa shape index (κ1) is 18.1. The number of nitrogens with one attached hydrogen (secondary N) is 1. The Balaban J connectivity index is 1.80. The molecule has 0 spiro atoms. The van der Waals surface area contributed by atoms with E-state index in [1.54, 1.807) is 0 Å². The van der Waals surface area contributed by atoms with Crippen LogP contribution in [0.25, 0.3) is 0 Å². The van der Waals surface area contributed by atoms with Gasteiger partial charge in [-0.15, -0.1) is 0 Å². The van der Waals surface area contributed by atoms with Gasteiger partial charge in [-0.1, -0.05) is 60.7 Å². The summed E-state index contributed by atoms with van der Waals surface area (Å²) in [5.41, 5.74) is 2.36. The summed E-state index contributed by atoms with van der Waals surface area (Å²) in [5.74, 6) is -0.760. The van der Waals surface area contributed by atoms with Gasteiger partial charge in [-0.2, -0.15) is 0 Å². The molecule has 0 radical (unpaired) electrons. The van der Waals surface area contributed by atoms with Gasteiger partial charge in [-0.05, 0) is 25.0 Å². The Labute approximate surface area is 149 Å². The maximum Gasteiger partial charge on any atom is 0.162 e. The zero-order valence-electron chi connectivity index (χ0n) is 14.9. The summed E-state index contributed by atoms with van der Waals surface area (Å²) < 4.78 is 11.6. The van der Waals surface area contributed by atoms with Crippen LogP contribution in [-0.2, 0) is 16.0 Å². The molecule has 2 N–H and O–H groups in total. The van der Waals surface area contributed by atoms with E-state index < -0.39 is 11.9 Å². The van der Waals surface area contributed by atoms with Crippen LogP contribution < -0.4 is 5.32 Å². The number of rotatable bonds is 5. The van der Waals surface area contributed by atoms with Crippen molar-refractivity contribution in [3.05, 3.63) is 71.8 Å². The van der Waals surface area contributed by atoms with Gasteiger partial charge in [-0.3, -0.25) is 0 Å². The van der Waals surface area contributed by atoms with Crippen molar-refractivity contribution in [2.24, 2.45) is 5.92 Å². The molecule has 1 heterocycles. The van der Waals surface area contributed by atoms with Crippen LogP contribution in [0, 0.1) is 5.92 Å². The average Bonchev–Trinajstić information content (AvgIpc) is 2.76. The molecule has 0 amide bonds. The SMILES string of the molecule is CC1(C)OC[C@@H]([C@@H](NCc2ccccc2)c2ccccc2)[C@@H](O)CO1. The molecule has 0 saturated carbocycles. The highest BCUT2D eigenvalue weighted by atomic mass is 16.7. The van der Waals surface area contributed by atoms with Gasteiger partial charge in [0.15, 0.2) is 5.79 Å². The van der Waals surface area contributed by atoms with Crippen molar-refractivity contribution >= 4 is 0 Å². The summed E-state index contributed by atoms with van der Waals surface area (Å²) in [6, 6.07) is 20.5. The molecule has 3 atom stereocenters. The van der Waals surface area contributed by atoms with E-state index in [-0.39, 0.29) is 18.6 Å². The first-order chi connectivity index (χ1) is 12.1. The van der Waals surface area contributed by atoms with Crippen LogP contribution in [-0.4, -0.2) is 30.2 Å². The Morgan fingerprint density at radius 3 is 2.28 bits per heavy atom. The molecule has 2 aromatic rings. The van der Waals surface area contributed by atoms with Crippen molar-refractivity contribution in [3.8, 4) is 0 Å². The van der Waals surface area contributed by atoms with Gasteiger partial charge in [0.1, 0.15) is 0 Å². The van der Waals surface area contributed by atoms with Gasteiger partial charge in [0.05, 0.1) is 19.3 Å². The van der Waals surface area contributed by atoms with Crippen molar-refractivity contribution < 1.29 is 14.6 Å². The Morgan fingerprint density at radius 2 is 1.60 bits per heavy atom. The second-order valence-corrected chi connectivity index (χ2v) is 7.01. The lowest BCUT2D eigenvalue weighted by Gasteiger charge is -2.30. The summed E-state index contributed by atoms with van der Waals surface area (Å²) in [6.07, 6.45) is -0.588. The summed E-state index contributed by atoms with van der Waals surface area (Å²) in [4.78, 5) is 0. The van der Waals surface area contributed by atoms with E-state index >= 15 is 0 Å². The molecule has 0 aromatic heterocycles. The molecule has 2 aromatic carbocycles. The van der Waals surface area contributed by atoms with Crippen molar-refractivity contribution in [1.29, 1.82) is 0 Å². The molecule has 0 aliphatic carbocycles. The summed E-state index contributed by atoms with van der Waals surface area (Å²) in [5, 5.41) is 14.3. The van der Waals surface area contributed by atoms with Crippen molar-refractivity contribution in [2.45, 2.75) is 38.3 Å². The normalized spacial score (nSPS) is 24.4. The van der Waals surface area contributed by atoms with Gasteiger partial charge < -0.3 is 19.9 Å². The van der Waals surface area contributed by atoms with E-state index in [0.29, 0.717) is 6.61 Å². The lowest BCUT2D eigenvalue weighted by Crippen LogP contribution is -2.38. The molecule has 4 nitrogen and oxygen atoms in total. The number of hydrogen-bond donors (Lipinski definition) is 2. The van der Waals surface area contributed by atoms with E-state index in [9.17, 15) is 5.11 Å². The number of aliphatic hydroxyl groups is 1. The molecule has 1 aliphatic rings. The van der Waals surface area contributed by atoms with E-state index in [4.69, 9.17) is 9.47 Å². The van der Waals surface area contributed by atoms with E-state index in [1.165, 1.54) is 5.56 Å². The van der Waals surface area contributed by atoms with E-state index in [1.807, 2.05) is 50.2 Å². The lowest BCUT2D eigenvalue weighted by molar-refractivity contribution is -0.204. The number of ether oxygens (including phenoxy) is 2. The molecule has 1 saturated heterocycles. The third-order valence-electron chi connectivity index (χ3n) is 4.68. The standard InChI is InChI=1S/C21H27NO3/c1-21(2)24-14-18(19(23)15-25-21)20(17-11-7-4-8-12-17)22-13-16-9-5-3-6-10-16/h3-12,18-20,22-23H,13-15H2,1-2H3/t18-,19+,20+/m1/s1. The predicted octanol–water partition coefficient (Wildman–Crippen LogP) is 3.28. The smallest absolute Gasteiger partial charge is 0.162 e. The second kappa shape index (κ2) is 8.11. The third-order valence-corrected chi connectivity index (χ3v) is 4.68. The second-order valence-electron chi connectivity index (χ2n) is 7.01. The Hall–Kier alpha value is -1.72. The van der Waals surface area contributed by atoms with Crippen molar-refractivity contribution in [2.75, 3.05) is 13.2 Å². The molecular weight excluding hydrogens is 314 g/mol. The highest BCUT2D eigenvalue weighted by molar-refractivity contribution is 5.21. The third kappa shape index (κ3) is 4.89. The molecule has 25 heavy (non-hydrogen) atoms. The number of hydrogen-bond acceptors (Lipinski definition) is 4. The predicted molar refractivity (Wildman–Crippen MR) is 97.9 cm³/mol. The van der Waals surface area contributed by atoms with Gasteiger partial charge in [0.25, 0.3) is 0 Å². The summed E-state index contributed by atoms with van der Waals surface area (Å²) >= 11 is 0. The van der Waals surface area contributed by atoms with Crippen LogP contribution in [0.2, 0.25) is 0 Å². The lowest BCUT2D eigenvalue weighted by atomic mass is 9.89.